The van der Waals surface area contributed by atoms with Crippen molar-refractivity contribution in [3.63, 3.8) is 0 Å². The summed E-state index contributed by atoms with van der Waals surface area (Å²) in [6.07, 6.45) is -0.951. The molecule has 0 aromatic rings. The van der Waals surface area contributed by atoms with E-state index in [-0.39, 0.29) is 36.5 Å². The van der Waals surface area contributed by atoms with Gasteiger partial charge in [0, 0.05) is 13.1 Å². The summed E-state index contributed by atoms with van der Waals surface area (Å²) in [6, 6.07) is -0.378. The van der Waals surface area contributed by atoms with E-state index in [1.165, 1.54) is 4.90 Å². The van der Waals surface area contributed by atoms with Crippen LogP contribution >= 0.6 is 11.8 Å². The highest BCUT2D eigenvalue weighted by Gasteiger charge is 2.43. The third-order valence-electron chi connectivity index (χ3n) is 2.76. The molecule has 1 atom stereocenters. The molecule has 1 unspecified atom stereocenters. The monoisotopic (exact) mass is 305 g/mol. The van der Waals surface area contributed by atoms with Crippen LogP contribution in [0.2, 0.25) is 0 Å². The molecule has 1 heterocycles. The van der Waals surface area contributed by atoms with Crippen LogP contribution in [-0.4, -0.2) is 69.4 Å². The Hall–Kier alpha value is -1.48. The number of rotatable bonds is 7. The summed E-state index contributed by atoms with van der Waals surface area (Å²) < 4.78 is 0. The molecule has 0 radical (unpaired) electrons. The van der Waals surface area contributed by atoms with Crippen LogP contribution in [0, 0.1) is 0 Å². The van der Waals surface area contributed by atoms with Gasteiger partial charge in [0.05, 0.1) is 17.0 Å². The predicted octanol–water partition coefficient (Wildman–Crippen LogP) is -0.957. The number of nitrogens with zero attached hydrogens (tertiary/aromatic N) is 1. The fourth-order valence-corrected chi connectivity index (χ4v) is 2.30. The lowest BCUT2D eigenvalue weighted by Crippen LogP contribution is -2.46. The molecule has 8 nitrogen and oxygen atoms in total. The van der Waals surface area contributed by atoms with E-state index in [9.17, 15) is 19.5 Å². The number of aliphatic hydroxyl groups excluding tert-OH is 1. The van der Waals surface area contributed by atoms with Crippen LogP contribution in [0.3, 0.4) is 0 Å². The second-order valence-corrected chi connectivity index (χ2v) is 5.94. The van der Waals surface area contributed by atoms with Gasteiger partial charge in [-0.15, -0.1) is 11.8 Å². The van der Waals surface area contributed by atoms with Crippen molar-refractivity contribution >= 4 is 29.7 Å². The van der Waals surface area contributed by atoms with Gasteiger partial charge in [0.15, 0.2) is 6.23 Å². The van der Waals surface area contributed by atoms with Gasteiger partial charge >= 0.3 is 12.0 Å². The molecule has 1 aliphatic rings. The molecule has 0 aliphatic carbocycles. The van der Waals surface area contributed by atoms with Crippen molar-refractivity contribution in [2.24, 2.45) is 0 Å². The van der Waals surface area contributed by atoms with Gasteiger partial charge < -0.3 is 20.8 Å². The SMILES string of the molecule is CC1(C)NC(=O)N(CCNC(=O)CSCC(=O)O)C1O. The van der Waals surface area contributed by atoms with E-state index in [1.54, 1.807) is 13.8 Å². The Morgan fingerprint density at radius 3 is 2.60 bits per heavy atom. The molecule has 114 valence electrons. The van der Waals surface area contributed by atoms with Gasteiger partial charge in [0.2, 0.25) is 5.91 Å². The molecule has 1 fully saturated rings. The number of hydrogen-bond donors (Lipinski definition) is 4. The molecule has 0 bridgehead atoms. The standard InChI is InChI=1S/C11H19N3O5S/c1-11(2)9(18)14(10(19)13-11)4-3-12-7(15)5-20-6-8(16)17/h9,18H,3-6H2,1-2H3,(H,12,15)(H,13,19)(H,16,17). The summed E-state index contributed by atoms with van der Waals surface area (Å²) in [5, 5.41) is 23.5. The summed E-state index contributed by atoms with van der Waals surface area (Å²) in [7, 11) is 0. The maximum atomic E-state index is 11.6. The fraction of sp³-hybridized carbons (Fsp3) is 0.727. The number of nitrogens with one attached hydrogen (secondary N) is 2. The number of amides is 3. The van der Waals surface area contributed by atoms with Gasteiger partial charge in [-0.3, -0.25) is 14.5 Å². The third kappa shape index (κ3) is 4.57. The van der Waals surface area contributed by atoms with E-state index in [0.29, 0.717) is 0 Å². The molecular formula is C11H19N3O5S. The highest BCUT2D eigenvalue weighted by molar-refractivity contribution is 8.00. The highest BCUT2D eigenvalue weighted by atomic mass is 32.2. The van der Waals surface area contributed by atoms with Crippen molar-refractivity contribution in [1.29, 1.82) is 0 Å². The molecule has 20 heavy (non-hydrogen) atoms. The summed E-state index contributed by atoms with van der Waals surface area (Å²) in [4.78, 5) is 34.5. The largest absolute Gasteiger partial charge is 0.481 e. The molecule has 1 rings (SSSR count). The molecule has 1 saturated heterocycles. The van der Waals surface area contributed by atoms with Crippen LogP contribution in [-0.2, 0) is 9.59 Å². The molecule has 0 aromatic heterocycles. The van der Waals surface area contributed by atoms with Gasteiger partial charge in [-0.2, -0.15) is 0 Å². The lowest BCUT2D eigenvalue weighted by Gasteiger charge is -2.25. The van der Waals surface area contributed by atoms with Gasteiger partial charge in [-0.05, 0) is 13.8 Å². The van der Waals surface area contributed by atoms with Gasteiger partial charge in [0.25, 0.3) is 0 Å². The van der Waals surface area contributed by atoms with E-state index in [2.05, 4.69) is 10.6 Å². The van der Waals surface area contributed by atoms with Crippen molar-refractivity contribution in [3.05, 3.63) is 0 Å². The van der Waals surface area contributed by atoms with Crippen molar-refractivity contribution in [2.75, 3.05) is 24.6 Å². The van der Waals surface area contributed by atoms with Crippen LogP contribution in [0.1, 0.15) is 13.8 Å². The van der Waals surface area contributed by atoms with Crippen LogP contribution in [0.5, 0.6) is 0 Å². The van der Waals surface area contributed by atoms with E-state index < -0.39 is 17.7 Å². The molecule has 1 aliphatic heterocycles. The molecule has 4 N–H and O–H groups in total. The number of hydrogen-bond acceptors (Lipinski definition) is 5. The Morgan fingerprint density at radius 1 is 1.45 bits per heavy atom. The van der Waals surface area contributed by atoms with E-state index >= 15 is 0 Å². The number of thioether (sulfide) groups is 1. The Bertz CT molecular complexity index is 402. The zero-order chi connectivity index (χ0) is 15.3. The van der Waals surface area contributed by atoms with E-state index in [4.69, 9.17) is 5.11 Å². The van der Waals surface area contributed by atoms with Crippen LogP contribution < -0.4 is 10.6 Å². The second kappa shape index (κ2) is 6.80. The Labute approximate surface area is 120 Å². The zero-order valence-electron chi connectivity index (χ0n) is 11.4. The van der Waals surface area contributed by atoms with Crippen molar-refractivity contribution in [1.82, 2.24) is 15.5 Å². The summed E-state index contributed by atoms with van der Waals surface area (Å²) in [5.41, 5.74) is -0.724. The highest BCUT2D eigenvalue weighted by Crippen LogP contribution is 2.20. The lowest BCUT2D eigenvalue weighted by atomic mass is 10.1. The van der Waals surface area contributed by atoms with Crippen LogP contribution in [0.4, 0.5) is 4.79 Å². The first kappa shape index (κ1) is 16.6. The van der Waals surface area contributed by atoms with Crippen LogP contribution in [0.25, 0.3) is 0 Å². The van der Waals surface area contributed by atoms with E-state index in [0.717, 1.165) is 11.8 Å². The van der Waals surface area contributed by atoms with Gasteiger partial charge in [-0.1, -0.05) is 0 Å². The van der Waals surface area contributed by atoms with Crippen molar-refractivity contribution in [3.8, 4) is 0 Å². The molecule has 9 heteroatoms. The smallest absolute Gasteiger partial charge is 0.320 e. The first-order chi connectivity index (χ1) is 9.24. The fourth-order valence-electron chi connectivity index (χ4n) is 1.73. The minimum Gasteiger partial charge on any atom is -0.481 e. The second-order valence-electron chi connectivity index (χ2n) is 4.96. The minimum atomic E-state index is -0.970. The maximum absolute atomic E-state index is 11.6. The van der Waals surface area contributed by atoms with Crippen molar-refractivity contribution < 1.29 is 24.6 Å². The number of carbonyl (C=O) groups is 3. The molecule has 3 amide bonds. The molecular weight excluding hydrogens is 286 g/mol. The third-order valence-corrected chi connectivity index (χ3v) is 3.68. The average Bonchev–Trinajstić information content (AvgIpc) is 2.50. The van der Waals surface area contributed by atoms with Crippen LogP contribution in [0.15, 0.2) is 0 Å². The first-order valence-electron chi connectivity index (χ1n) is 6.07. The van der Waals surface area contributed by atoms with Gasteiger partial charge in [-0.25, -0.2) is 4.79 Å². The Balaban J connectivity index is 2.26. The predicted molar refractivity (Wildman–Crippen MR) is 73.3 cm³/mol. The van der Waals surface area contributed by atoms with E-state index in [1.807, 2.05) is 0 Å². The summed E-state index contributed by atoms with van der Waals surface area (Å²) >= 11 is 0.999. The number of urea groups is 1. The van der Waals surface area contributed by atoms with Crippen molar-refractivity contribution in [2.45, 2.75) is 25.6 Å². The summed E-state index contributed by atoms with van der Waals surface area (Å²) in [5.74, 6) is -1.35. The number of carbonyl (C=O) groups excluding carboxylic acids is 2. The number of aliphatic carboxylic acids is 1. The Morgan fingerprint density at radius 2 is 2.10 bits per heavy atom. The molecule has 0 spiro atoms. The summed E-state index contributed by atoms with van der Waals surface area (Å²) in [6.45, 7) is 3.80. The topological polar surface area (TPSA) is 119 Å². The Kier molecular flexibility index (Phi) is 5.63. The first-order valence-corrected chi connectivity index (χ1v) is 7.22. The minimum absolute atomic E-state index is 0.0482. The normalized spacial score (nSPS) is 20.6. The quantitative estimate of drug-likeness (QED) is 0.481. The molecule has 0 aromatic carbocycles. The average molecular weight is 305 g/mol. The zero-order valence-corrected chi connectivity index (χ0v) is 12.2. The number of carboxylic acid groups (broad SMARTS) is 1. The van der Waals surface area contributed by atoms with Gasteiger partial charge in [0.1, 0.15) is 0 Å². The maximum Gasteiger partial charge on any atom is 0.320 e. The molecule has 0 saturated carbocycles. The number of aliphatic hydroxyl groups is 1. The number of carboxylic acids is 1. The lowest BCUT2D eigenvalue weighted by molar-refractivity contribution is -0.133.